The first-order valence-electron chi connectivity index (χ1n) is 25.5. The van der Waals surface area contributed by atoms with Crippen LogP contribution in [0.4, 0.5) is 23.5 Å². The topological polar surface area (TPSA) is 311 Å². The maximum absolute atomic E-state index is 13.2. The van der Waals surface area contributed by atoms with Gasteiger partial charge < -0.3 is 29.6 Å². The number of rotatable bonds is 15. The molecular formula is C50H55ClN18O8S2. The summed E-state index contributed by atoms with van der Waals surface area (Å²) in [4.78, 5) is 140. The number of piperidine rings is 2. The van der Waals surface area contributed by atoms with Crippen LogP contribution in [0.1, 0.15) is 65.5 Å². The van der Waals surface area contributed by atoms with Gasteiger partial charge in [-0.1, -0.05) is 13.8 Å². The van der Waals surface area contributed by atoms with Crippen molar-refractivity contribution in [1.29, 1.82) is 0 Å². The first-order valence-corrected chi connectivity index (χ1v) is 27.8. The van der Waals surface area contributed by atoms with Gasteiger partial charge in [-0.15, -0.1) is 34.3 Å². The Balaban J connectivity index is 0.000000163. The van der Waals surface area contributed by atoms with E-state index in [-0.39, 0.29) is 58.6 Å². The summed E-state index contributed by atoms with van der Waals surface area (Å²) in [5.74, 6) is 4.65. The molecule has 2 aliphatic heterocycles. The average molecular weight is 1140 g/mol. The van der Waals surface area contributed by atoms with E-state index < -0.39 is 40.5 Å². The second-order valence-electron chi connectivity index (χ2n) is 19.9. The molecule has 2 aliphatic carbocycles. The fourth-order valence-electron chi connectivity index (χ4n) is 9.50. The van der Waals surface area contributed by atoms with Gasteiger partial charge in [0, 0.05) is 99.8 Å². The molecule has 2 saturated heterocycles. The third-order valence-corrected chi connectivity index (χ3v) is 16.6. The van der Waals surface area contributed by atoms with Crippen LogP contribution >= 0.6 is 34.3 Å². The van der Waals surface area contributed by atoms with Crippen molar-refractivity contribution >= 4 is 104 Å². The molecule has 6 atom stereocenters. The second kappa shape index (κ2) is 22.3. The van der Waals surface area contributed by atoms with Crippen molar-refractivity contribution in [2.45, 2.75) is 72.0 Å². The molecule has 0 aromatic carbocycles. The van der Waals surface area contributed by atoms with Crippen molar-refractivity contribution in [3.05, 3.63) is 89.9 Å². The summed E-state index contributed by atoms with van der Waals surface area (Å²) in [6, 6.07) is -1.61. The number of halogens is 1. The number of thiazole rings is 2. The molecule has 2 saturated carbocycles. The molecule has 4 aliphatic rings. The minimum Gasteiger partial charge on any atom is -0.340 e. The summed E-state index contributed by atoms with van der Waals surface area (Å²) in [6.07, 6.45) is 13.1. The number of anilines is 4. The van der Waals surface area contributed by atoms with Crippen LogP contribution in [0.5, 0.6) is 0 Å². The number of Topliss-reactive ketones (excluding diaryl/α,β-unsaturated/α-hetero) is 2. The Hall–Kier alpha value is -8.11. The molecule has 0 spiro atoms. The van der Waals surface area contributed by atoms with Gasteiger partial charge in [-0.25, -0.2) is 49.5 Å². The van der Waals surface area contributed by atoms with Gasteiger partial charge in [0.1, 0.15) is 39.5 Å². The zero-order chi connectivity index (χ0) is 56.0. The standard InChI is InChI=1S/C25H27N9O4S.C21H21N9O3S.C4H7ClO/c1-4-17(35)10-33-23(37)19-20(31(3)25(33)38)28-12-34(19)13(2)21(36)29-18-11-39-22(30-18)16-6-26-24(27-7-16)32-8-14-5-15(14)9-32;1-10(30-9-24-16-15(30)18(32)27-21(33)28(16)2)17(31)25-14-8-34-19(26-14)13-4-22-20(23-5-13)29-6-11-3-12(11)7-29;1-2-4(6)3-5/h6-7,11-15H,4-5,8-10H2,1-3H3,(H,29,36);4-5,8-12H,3,6-7H2,1-2H3,(H,25,31)(H,27,32,33);2-3H2,1H3/t13-,14?,15?;10-,11?,12?;/m00./s1. The molecule has 0 bridgehead atoms. The molecule has 12 rings (SSSR count). The number of nitrogens with zero attached hydrogens (tertiary/aromatic N) is 15. The van der Waals surface area contributed by atoms with Gasteiger partial charge in [-0.3, -0.25) is 47.5 Å². The van der Waals surface area contributed by atoms with E-state index in [1.165, 1.54) is 80.5 Å². The van der Waals surface area contributed by atoms with Crippen LogP contribution in [0.2, 0.25) is 0 Å². The Morgan fingerprint density at radius 1 is 0.658 bits per heavy atom. The molecular weight excluding hydrogens is 1080 g/mol. The summed E-state index contributed by atoms with van der Waals surface area (Å²) >= 11 is 7.83. The van der Waals surface area contributed by atoms with Gasteiger partial charge >= 0.3 is 11.4 Å². The lowest BCUT2D eigenvalue weighted by atomic mass is 10.3. The molecule has 3 N–H and O–H groups in total. The highest BCUT2D eigenvalue weighted by molar-refractivity contribution is 7.13. The Labute approximate surface area is 461 Å². The zero-order valence-electron chi connectivity index (χ0n) is 43.8. The van der Waals surface area contributed by atoms with E-state index in [9.17, 15) is 38.4 Å². The zero-order valence-corrected chi connectivity index (χ0v) is 46.2. The van der Waals surface area contributed by atoms with Crippen molar-refractivity contribution in [2.24, 2.45) is 37.8 Å². The quantitative estimate of drug-likeness (QED) is 0.123. The third kappa shape index (κ3) is 11.2. The largest absolute Gasteiger partial charge is 0.340 e. The number of imidazole rings is 2. The smallest absolute Gasteiger partial charge is 0.332 e. The number of amides is 2. The van der Waals surface area contributed by atoms with Gasteiger partial charge in [0.25, 0.3) is 11.1 Å². The van der Waals surface area contributed by atoms with Crippen LogP contribution in [0.3, 0.4) is 0 Å². The van der Waals surface area contributed by atoms with Gasteiger partial charge in [0.15, 0.2) is 28.1 Å². The molecule has 29 heteroatoms. The number of carbonyl (C=O) groups excluding carboxylic acids is 4. The molecule has 8 aromatic heterocycles. The van der Waals surface area contributed by atoms with E-state index in [1.807, 2.05) is 0 Å². The molecule has 4 fully saturated rings. The number of aromatic amines is 1. The van der Waals surface area contributed by atoms with Crippen molar-refractivity contribution in [2.75, 3.05) is 52.5 Å². The predicted molar refractivity (Wildman–Crippen MR) is 297 cm³/mol. The first kappa shape index (κ1) is 54.3. The number of ketones is 2. The first-order chi connectivity index (χ1) is 37.9. The Morgan fingerprint density at radius 2 is 1.10 bits per heavy atom. The highest BCUT2D eigenvalue weighted by Gasteiger charge is 2.46. The molecule has 0 radical (unpaired) electrons. The third-order valence-electron chi connectivity index (χ3n) is 14.6. The predicted octanol–water partition coefficient (Wildman–Crippen LogP) is 3.64. The van der Waals surface area contributed by atoms with Crippen molar-refractivity contribution in [3.63, 3.8) is 0 Å². The molecule has 26 nitrogen and oxygen atoms in total. The monoisotopic (exact) mass is 1130 g/mol. The number of hydrogen-bond donors (Lipinski definition) is 3. The average Bonchev–Trinajstić information content (AvgIpc) is 4.11. The number of carbonyl (C=O) groups is 4. The van der Waals surface area contributed by atoms with Crippen LogP contribution in [0.25, 0.3) is 43.5 Å². The molecule has 79 heavy (non-hydrogen) atoms. The lowest BCUT2D eigenvalue weighted by molar-refractivity contribution is -0.120. The fourth-order valence-corrected chi connectivity index (χ4v) is 11.1. The highest BCUT2D eigenvalue weighted by atomic mass is 35.5. The number of fused-ring (bicyclic) bond motifs is 4. The maximum Gasteiger partial charge on any atom is 0.332 e. The number of nitrogens with one attached hydrogen (secondary N) is 3. The van der Waals surface area contributed by atoms with Gasteiger partial charge in [0.2, 0.25) is 23.7 Å². The van der Waals surface area contributed by atoms with Gasteiger partial charge in [-0.05, 0) is 50.4 Å². The molecule has 412 valence electrons. The minimum atomic E-state index is -0.852. The number of alkyl halides is 1. The number of hydrogen-bond acceptors (Lipinski definition) is 20. The van der Waals surface area contributed by atoms with E-state index >= 15 is 0 Å². The Bertz CT molecular complexity index is 3870. The fraction of sp³-hybridized carbons (Fsp3) is 0.440. The SMILES string of the molecule is CCC(=O)CCl.CCC(=O)Cn1c(=O)c2c(ncn2[C@@H](C)C(=O)Nc2csc(-c3cnc(N4CC5CC5C4)nc3)n2)n(C)c1=O.C[C@@H](C(=O)Nc1csc(-c2cnc(N3CC4CC4C3)nc2)n1)n1cnc2c1c(=O)[nH]c(=O)n2C. The number of aryl methyl sites for hydroxylation is 2. The lowest BCUT2D eigenvalue weighted by Gasteiger charge is -2.17. The van der Waals surface area contributed by atoms with E-state index in [1.54, 1.807) is 63.2 Å². The van der Waals surface area contributed by atoms with Crippen LogP contribution in [0, 0.1) is 23.7 Å². The van der Waals surface area contributed by atoms with Crippen LogP contribution < -0.4 is 42.9 Å². The van der Waals surface area contributed by atoms with Crippen molar-refractivity contribution in [1.82, 2.24) is 67.7 Å². The maximum atomic E-state index is 13.2. The van der Waals surface area contributed by atoms with E-state index in [4.69, 9.17) is 11.6 Å². The highest BCUT2D eigenvalue weighted by Crippen LogP contribution is 2.46. The van der Waals surface area contributed by atoms with Crippen molar-refractivity contribution in [3.8, 4) is 21.1 Å². The Morgan fingerprint density at radius 3 is 1.53 bits per heavy atom. The van der Waals surface area contributed by atoms with E-state index in [0.717, 1.165) is 77.4 Å². The minimum absolute atomic E-state index is 0.0650. The van der Waals surface area contributed by atoms with Gasteiger partial charge in [-0.2, -0.15) is 0 Å². The number of H-pyrrole nitrogens is 1. The van der Waals surface area contributed by atoms with Gasteiger partial charge in [0.05, 0.1) is 25.1 Å². The summed E-state index contributed by atoms with van der Waals surface area (Å²) in [6.45, 7) is 10.5. The normalized spacial score (nSPS) is 18.5. The van der Waals surface area contributed by atoms with E-state index in [2.05, 4.69) is 65.3 Å². The molecule has 4 unspecified atom stereocenters. The van der Waals surface area contributed by atoms with E-state index in [0.29, 0.717) is 28.1 Å². The van der Waals surface area contributed by atoms with Crippen LogP contribution in [-0.2, 0) is 39.8 Å². The summed E-state index contributed by atoms with van der Waals surface area (Å²) in [7, 11) is 2.98. The summed E-state index contributed by atoms with van der Waals surface area (Å²) in [5, 5.41) is 10.4. The van der Waals surface area contributed by atoms with Crippen LogP contribution in [0.15, 0.2) is 67.4 Å². The summed E-state index contributed by atoms with van der Waals surface area (Å²) < 4.78 is 6.15. The number of aromatic nitrogens is 14. The second-order valence-corrected chi connectivity index (χ2v) is 21.9. The molecule has 8 aromatic rings. The lowest BCUT2D eigenvalue weighted by Crippen LogP contribution is -2.41. The molecule has 2 amide bonds. The summed E-state index contributed by atoms with van der Waals surface area (Å²) in [5.41, 5.74) is -0.381. The molecule has 10 heterocycles. The van der Waals surface area contributed by atoms with Crippen LogP contribution in [-0.4, -0.2) is 123 Å². The Kier molecular flexibility index (Phi) is 15.3. The van der Waals surface area contributed by atoms with Crippen molar-refractivity contribution < 1.29 is 19.2 Å².